The molecule has 1 amide bonds. The van der Waals surface area contributed by atoms with E-state index < -0.39 is 5.91 Å². The minimum atomic E-state index is -0.522. The van der Waals surface area contributed by atoms with Crippen molar-refractivity contribution in [3.63, 3.8) is 0 Å². The number of likely N-dealkylation sites (tertiary alicyclic amines) is 1. The molecule has 7 rings (SSSR count). The lowest BCUT2D eigenvalue weighted by Crippen LogP contribution is -2.45. The molecule has 0 spiro atoms. The number of rotatable bonds is 10. The van der Waals surface area contributed by atoms with Crippen molar-refractivity contribution in [2.24, 2.45) is 5.73 Å². The number of hydrogen-bond donors (Lipinski definition) is 2. The van der Waals surface area contributed by atoms with Crippen molar-refractivity contribution >= 4 is 50.9 Å². The number of para-hydroxylation sites is 1. The number of benzene rings is 3. The summed E-state index contributed by atoms with van der Waals surface area (Å²) in [6.45, 7) is 8.43. The van der Waals surface area contributed by atoms with Crippen molar-refractivity contribution < 1.29 is 14.3 Å². The molecule has 3 aromatic carbocycles. The lowest BCUT2D eigenvalue weighted by Gasteiger charge is -2.43. The van der Waals surface area contributed by atoms with E-state index in [4.69, 9.17) is 20.2 Å². The summed E-state index contributed by atoms with van der Waals surface area (Å²) in [6.07, 6.45) is 6.16. The van der Waals surface area contributed by atoms with Crippen LogP contribution in [0.25, 0.3) is 27.4 Å². The third-order valence-electron chi connectivity index (χ3n) is 9.37. The van der Waals surface area contributed by atoms with Crippen molar-refractivity contribution in [1.29, 1.82) is 0 Å². The second-order valence-electron chi connectivity index (χ2n) is 13.1. The quantitative estimate of drug-likeness (QED) is 0.153. The Bertz CT molecular complexity index is 2050. The number of anilines is 3. The number of thiophene rings is 1. The number of fused-ring (bicyclic) bond motifs is 2. The molecule has 3 N–H and O–H groups in total. The van der Waals surface area contributed by atoms with Crippen LogP contribution in [0.3, 0.4) is 0 Å². The highest BCUT2D eigenvalue weighted by atomic mass is 32.1. The van der Waals surface area contributed by atoms with Crippen LogP contribution < -0.4 is 25.4 Å². The van der Waals surface area contributed by atoms with E-state index in [2.05, 4.69) is 82.6 Å². The van der Waals surface area contributed by atoms with E-state index in [0.717, 1.165) is 53.3 Å². The first-order valence-corrected chi connectivity index (χ1v) is 17.6. The summed E-state index contributed by atoms with van der Waals surface area (Å²) < 4.78 is 12.9. The Morgan fingerprint density at radius 2 is 1.82 bits per heavy atom. The van der Waals surface area contributed by atoms with E-state index in [1.807, 2.05) is 38.1 Å². The highest BCUT2D eigenvalue weighted by Gasteiger charge is 2.35. The molecular formula is C39H42N6O3S. The summed E-state index contributed by atoms with van der Waals surface area (Å²) in [5.74, 6) is 1.21. The number of carbonyl (C=O) groups excluding carboxylic acids is 1. The van der Waals surface area contributed by atoms with Gasteiger partial charge in [-0.05, 0) is 88.6 Å². The molecule has 252 valence electrons. The number of nitrogens with zero attached hydrogens (tertiary/aromatic N) is 4. The lowest BCUT2D eigenvalue weighted by atomic mass is 9.95. The zero-order valence-corrected chi connectivity index (χ0v) is 29.4. The van der Waals surface area contributed by atoms with Crippen LogP contribution in [0, 0.1) is 0 Å². The van der Waals surface area contributed by atoms with Crippen molar-refractivity contribution in [1.82, 2.24) is 14.9 Å². The molecule has 3 heterocycles. The van der Waals surface area contributed by atoms with Crippen LogP contribution in [0.2, 0.25) is 0 Å². The van der Waals surface area contributed by atoms with Gasteiger partial charge in [-0.1, -0.05) is 48.5 Å². The normalized spacial score (nSPS) is 16.4. The number of amides is 1. The fraction of sp³-hybridized carbons (Fsp3) is 0.308. The van der Waals surface area contributed by atoms with Crippen molar-refractivity contribution in [2.75, 3.05) is 37.5 Å². The maximum Gasteiger partial charge on any atom is 0.259 e. The van der Waals surface area contributed by atoms with Gasteiger partial charge in [0.15, 0.2) is 0 Å². The van der Waals surface area contributed by atoms with E-state index in [9.17, 15) is 4.79 Å². The Balaban J connectivity index is 1.29. The number of aromatic nitrogens is 2. The summed E-state index contributed by atoms with van der Waals surface area (Å²) in [4.78, 5) is 27.6. The lowest BCUT2D eigenvalue weighted by molar-refractivity contribution is 0.100. The Hall–Kier alpha value is -4.93. The molecule has 9 nitrogen and oxygen atoms in total. The molecule has 0 bridgehead atoms. The first-order chi connectivity index (χ1) is 23.7. The first kappa shape index (κ1) is 32.6. The van der Waals surface area contributed by atoms with Crippen LogP contribution in [-0.2, 0) is 0 Å². The minimum absolute atomic E-state index is 0.0584. The van der Waals surface area contributed by atoms with Crippen molar-refractivity contribution in [3.05, 3.63) is 94.5 Å². The molecule has 2 aromatic heterocycles. The summed E-state index contributed by atoms with van der Waals surface area (Å²) in [6, 6.07) is 23.2. The smallest absolute Gasteiger partial charge is 0.259 e. The van der Waals surface area contributed by atoms with E-state index in [1.165, 1.54) is 28.0 Å². The van der Waals surface area contributed by atoms with E-state index in [-0.39, 0.29) is 12.1 Å². The van der Waals surface area contributed by atoms with E-state index in [0.29, 0.717) is 33.7 Å². The zero-order chi connectivity index (χ0) is 34.2. The van der Waals surface area contributed by atoms with Gasteiger partial charge in [-0.3, -0.25) is 4.79 Å². The van der Waals surface area contributed by atoms with Crippen molar-refractivity contribution in [2.45, 2.75) is 51.8 Å². The number of nitrogens with two attached hydrogens (primary N) is 1. The average Bonchev–Trinajstić information content (AvgIpc) is 3.63. The van der Waals surface area contributed by atoms with Gasteiger partial charge in [-0.2, -0.15) is 0 Å². The average molecular weight is 675 g/mol. The molecule has 1 fully saturated rings. The number of primary amides is 1. The Morgan fingerprint density at radius 3 is 2.57 bits per heavy atom. The van der Waals surface area contributed by atoms with Crippen LogP contribution in [0.1, 0.15) is 60.5 Å². The summed E-state index contributed by atoms with van der Waals surface area (Å²) >= 11 is 1.28. The highest BCUT2D eigenvalue weighted by Crippen LogP contribution is 2.46. The van der Waals surface area contributed by atoms with Gasteiger partial charge < -0.3 is 30.3 Å². The SMILES string of the molecule is COc1ccccc1-c1c(C(N)=O)sc2cnc(Nc3ccc(N(C4CCN(C)CC4)C4C(C)=Cc5ccccc54)cc3OC(C)C)nc12. The standard InChI is InChI=1S/C39H42N6O3S/c1-23(2)48-32-21-27(45(26-16-18-44(4)19-17-26)36-24(3)20-25-10-6-7-11-28(25)36)14-15-30(32)42-39-41-22-33-35(43-39)34(37(49-33)38(40)46)29-12-8-9-13-31(29)47-5/h6-15,20-23,26,36H,16-19H2,1-5H3,(H2,40,46)(H,41,42,43). The Labute approximate surface area is 291 Å². The van der Waals surface area contributed by atoms with E-state index in [1.54, 1.807) is 13.3 Å². The molecule has 2 aliphatic rings. The van der Waals surface area contributed by atoms with Crippen LogP contribution in [0.5, 0.6) is 11.5 Å². The van der Waals surface area contributed by atoms with Gasteiger partial charge in [0.25, 0.3) is 5.91 Å². The molecule has 0 radical (unpaired) electrons. The van der Waals surface area contributed by atoms with Gasteiger partial charge in [0.2, 0.25) is 5.95 Å². The predicted octanol–water partition coefficient (Wildman–Crippen LogP) is 8.06. The molecule has 1 atom stereocenters. The number of methoxy groups -OCH3 is 1. The summed E-state index contributed by atoms with van der Waals surface area (Å²) in [7, 11) is 3.81. The number of nitrogens with one attached hydrogen (secondary N) is 1. The van der Waals surface area contributed by atoms with Crippen LogP contribution >= 0.6 is 11.3 Å². The number of hydrogen-bond acceptors (Lipinski definition) is 9. The molecule has 1 unspecified atom stereocenters. The highest BCUT2D eigenvalue weighted by molar-refractivity contribution is 7.21. The Morgan fingerprint density at radius 1 is 1.06 bits per heavy atom. The van der Waals surface area contributed by atoms with Crippen LogP contribution in [-0.4, -0.2) is 60.2 Å². The monoisotopic (exact) mass is 674 g/mol. The zero-order valence-electron chi connectivity index (χ0n) is 28.6. The molecule has 0 saturated carbocycles. The fourth-order valence-electron chi connectivity index (χ4n) is 7.15. The minimum Gasteiger partial charge on any atom is -0.496 e. The second-order valence-corrected chi connectivity index (χ2v) is 14.2. The van der Waals surface area contributed by atoms with Gasteiger partial charge in [0, 0.05) is 28.9 Å². The van der Waals surface area contributed by atoms with E-state index >= 15 is 0 Å². The Kier molecular flexibility index (Phi) is 9.00. The van der Waals surface area contributed by atoms with Crippen LogP contribution in [0.15, 0.2) is 78.5 Å². The molecule has 1 saturated heterocycles. The fourth-order valence-corrected chi connectivity index (χ4v) is 8.13. The van der Waals surface area contributed by atoms with Gasteiger partial charge in [0.05, 0.1) is 41.4 Å². The first-order valence-electron chi connectivity index (χ1n) is 16.8. The van der Waals surface area contributed by atoms with Gasteiger partial charge >= 0.3 is 0 Å². The largest absolute Gasteiger partial charge is 0.496 e. The molecule has 49 heavy (non-hydrogen) atoms. The third kappa shape index (κ3) is 6.34. The number of carbonyl (C=O) groups is 1. The molecule has 5 aromatic rings. The summed E-state index contributed by atoms with van der Waals surface area (Å²) in [5.41, 5.74) is 13.7. The topological polar surface area (TPSA) is 106 Å². The molecule has 10 heteroatoms. The maximum absolute atomic E-state index is 12.6. The number of ether oxygens (including phenoxy) is 2. The van der Waals surface area contributed by atoms with Crippen molar-refractivity contribution in [3.8, 4) is 22.6 Å². The third-order valence-corrected chi connectivity index (χ3v) is 10.5. The molecule has 1 aliphatic carbocycles. The van der Waals surface area contributed by atoms with Crippen LogP contribution in [0.4, 0.5) is 17.3 Å². The summed E-state index contributed by atoms with van der Waals surface area (Å²) in [5, 5.41) is 3.43. The number of piperidine rings is 1. The van der Waals surface area contributed by atoms with Gasteiger partial charge in [-0.25, -0.2) is 9.97 Å². The molecular weight excluding hydrogens is 633 g/mol. The maximum atomic E-state index is 12.6. The van der Waals surface area contributed by atoms with Gasteiger partial charge in [-0.15, -0.1) is 11.3 Å². The molecule has 1 aliphatic heterocycles. The second kappa shape index (κ2) is 13.5. The van der Waals surface area contributed by atoms with Gasteiger partial charge in [0.1, 0.15) is 16.4 Å². The predicted molar refractivity (Wildman–Crippen MR) is 199 cm³/mol.